The summed E-state index contributed by atoms with van der Waals surface area (Å²) < 4.78 is 14.4. The lowest BCUT2D eigenvalue weighted by Gasteiger charge is -2.32. The molecule has 20 heavy (non-hydrogen) atoms. The number of nitrogens with one attached hydrogen (secondary N) is 1. The van der Waals surface area contributed by atoms with Crippen LogP contribution in [-0.4, -0.2) is 11.4 Å². The average molecular weight is 343 g/mol. The van der Waals surface area contributed by atoms with Gasteiger partial charge in [0.05, 0.1) is 0 Å². The van der Waals surface area contributed by atoms with Crippen molar-refractivity contribution in [2.24, 2.45) is 5.73 Å². The van der Waals surface area contributed by atoms with Crippen LogP contribution >= 0.6 is 15.9 Å². The molecule has 0 saturated heterocycles. The summed E-state index contributed by atoms with van der Waals surface area (Å²) in [7, 11) is 0. The highest BCUT2D eigenvalue weighted by molar-refractivity contribution is 9.10. The number of hydrogen-bond donors (Lipinski definition) is 2. The van der Waals surface area contributed by atoms with E-state index in [-0.39, 0.29) is 23.8 Å². The first kappa shape index (κ1) is 15.4. The summed E-state index contributed by atoms with van der Waals surface area (Å²) in [6.07, 6.45) is 5.48. The number of halogens is 2. The van der Waals surface area contributed by atoms with Gasteiger partial charge in [0.2, 0.25) is 5.91 Å². The first-order valence-electron chi connectivity index (χ1n) is 6.98. The molecule has 0 radical (unpaired) electrons. The normalized spacial score (nSPS) is 17.8. The van der Waals surface area contributed by atoms with Gasteiger partial charge in [-0.05, 0) is 31.0 Å². The number of carbonyl (C=O) groups excluding carboxylic acids is 1. The largest absolute Gasteiger partial charge is 0.352 e. The Labute approximate surface area is 127 Å². The number of rotatable bonds is 4. The minimum atomic E-state index is -0.377. The fourth-order valence-corrected chi connectivity index (χ4v) is 3.10. The summed E-state index contributed by atoms with van der Waals surface area (Å²) in [6.45, 7) is 0.195. The molecule has 0 spiro atoms. The van der Waals surface area contributed by atoms with Crippen LogP contribution < -0.4 is 11.1 Å². The third-order valence-electron chi connectivity index (χ3n) is 3.85. The van der Waals surface area contributed by atoms with E-state index in [0.717, 1.165) is 30.2 Å². The van der Waals surface area contributed by atoms with Crippen LogP contribution in [0.2, 0.25) is 0 Å². The van der Waals surface area contributed by atoms with Crippen molar-refractivity contribution in [2.75, 3.05) is 0 Å². The summed E-state index contributed by atoms with van der Waals surface area (Å²) in [5.41, 5.74) is 6.34. The van der Waals surface area contributed by atoms with Crippen molar-refractivity contribution >= 4 is 21.8 Å². The van der Waals surface area contributed by atoms with E-state index in [0.29, 0.717) is 12.0 Å². The zero-order valence-electron chi connectivity index (χ0n) is 11.4. The number of benzene rings is 1. The predicted molar refractivity (Wildman–Crippen MR) is 80.6 cm³/mol. The first-order valence-corrected chi connectivity index (χ1v) is 7.77. The van der Waals surface area contributed by atoms with E-state index >= 15 is 0 Å². The van der Waals surface area contributed by atoms with Crippen molar-refractivity contribution in [3.8, 4) is 0 Å². The number of amides is 1. The van der Waals surface area contributed by atoms with Gasteiger partial charge < -0.3 is 11.1 Å². The molecular formula is C15H20BrFN2O. The zero-order valence-corrected chi connectivity index (χ0v) is 13.0. The summed E-state index contributed by atoms with van der Waals surface area (Å²) in [5.74, 6) is -0.414. The quantitative estimate of drug-likeness (QED) is 0.882. The summed E-state index contributed by atoms with van der Waals surface area (Å²) in [4.78, 5) is 12.0. The summed E-state index contributed by atoms with van der Waals surface area (Å²) in [5, 5.41) is 2.76. The molecule has 0 bridgehead atoms. The van der Waals surface area contributed by atoms with Crippen molar-refractivity contribution in [1.29, 1.82) is 0 Å². The third-order valence-corrected chi connectivity index (χ3v) is 4.34. The highest BCUT2D eigenvalue weighted by Gasteiger charge is 2.29. The van der Waals surface area contributed by atoms with Gasteiger partial charge in [-0.1, -0.05) is 35.2 Å². The predicted octanol–water partition coefficient (Wildman–Crippen LogP) is 3.26. The van der Waals surface area contributed by atoms with Gasteiger partial charge in [-0.3, -0.25) is 4.79 Å². The summed E-state index contributed by atoms with van der Waals surface area (Å²) in [6, 6.07) is 4.70. The van der Waals surface area contributed by atoms with Crippen molar-refractivity contribution in [1.82, 2.24) is 5.32 Å². The van der Waals surface area contributed by atoms with Crippen molar-refractivity contribution in [3.63, 3.8) is 0 Å². The van der Waals surface area contributed by atoms with Crippen LogP contribution in [0, 0.1) is 5.82 Å². The van der Waals surface area contributed by atoms with Crippen LogP contribution in [0.3, 0.4) is 0 Å². The van der Waals surface area contributed by atoms with Crippen LogP contribution in [0.1, 0.15) is 44.1 Å². The smallest absolute Gasteiger partial charge is 0.222 e. The second kappa shape index (κ2) is 6.68. The average Bonchev–Trinajstić information content (AvgIpc) is 2.40. The molecule has 0 aliphatic heterocycles. The topological polar surface area (TPSA) is 55.1 Å². The van der Waals surface area contributed by atoms with E-state index in [1.54, 1.807) is 12.1 Å². The Balaban J connectivity index is 1.87. The zero-order chi connectivity index (χ0) is 14.6. The van der Waals surface area contributed by atoms with Crippen LogP contribution in [0.25, 0.3) is 0 Å². The fourth-order valence-electron chi connectivity index (χ4n) is 2.69. The molecule has 110 valence electrons. The molecule has 0 atom stereocenters. The SMILES string of the molecule is NC1(CC(=O)NCc2cc(Br)ccc2F)CCCCC1. The molecule has 5 heteroatoms. The summed E-state index contributed by atoms with van der Waals surface area (Å²) >= 11 is 3.29. The second-order valence-electron chi connectivity index (χ2n) is 5.61. The fraction of sp³-hybridized carbons (Fsp3) is 0.533. The van der Waals surface area contributed by atoms with Gasteiger partial charge in [-0.25, -0.2) is 4.39 Å². The lowest BCUT2D eigenvalue weighted by Crippen LogP contribution is -2.45. The Kier molecular flexibility index (Phi) is 5.16. The van der Waals surface area contributed by atoms with Gasteiger partial charge in [-0.2, -0.15) is 0 Å². The molecule has 1 amide bonds. The third kappa shape index (κ3) is 4.28. The van der Waals surface area contributed by atoms with Gasteiger partial charge in [0.1, 0.15) is 5.82 Å². The van der Waals surface area contributed by atoms with Gasteiger partial charge in [0, 0.05) is 28.5 Å². The molecule has 0 unspecified atom stereocenters. The van der Waals surface area contributed by atoms with Crippen LogP contribution in [0.4, 0.5) is 4.39 Å². The molecule has 1 aliphatic rings. The van der Waals surface area contributed by atoms with Crippen molar-refractivity contribution < 1.29 is 9.18 Å². The first-order chi connectivity index (χ1) is 9.48. The molecule has 3 nitrogen and oxygen atoms in total. The molecule has 1 fully saturated rings. The maximum atomic E-state index is 13.6. The maximum absolute atomic E-state index is 13.6. The second-order valence-corrected chi connectivity index (χ2v) is 6.53. The number of nitrogens with two attached hydrogens (primary N) is 1. The molecule has 1 saturated carbocycles. The van der Waals surface area contributed by atoms with E-state index in [1.807, 2.05) is 0 Å². The number of hydrogen-bond acceptors (Lipinski definition) is 2. The Bertz CT molecular complexity index is 487. The monoisotopic (exact) mass is 342 g/mol. The Morgan fingerprint density at radius 2 is 2.05 bits per heavy atom. The highest BCUT2D eigenvalue weighted by Crippen LogP contribution is 2.28. The molecule has 0 aromatic heterocycles. The van der Waals surface area contributed by atoms with Crippen LogP contribution in [0.5, 0.6) is 0 Å². The van der Waals surface area contributed by atoms with Gasteiger partial charge in [0.15, 0.2) is 0 Å². The molecule has 1 aliphatic carbocycles. The minimum absolute atomic E-state index is 0.103. The molecule has 2 rings (SSSR count). The van der Waals surface area contributed by atoms with E-state index in [9.17, 15) is 9.18 Å². The van der Waals surface area contributed by atoms with E-state index in [2.05, 4.69) is 21.2 Å². The highest BCUT2D eigenvalue weighted by atomic mass is 79.9. The van der Waals surface area contributed by atoms with Gasteiger partial charge >= 0.3 is 0 Å². The lowest BCUT2D eigenvalue weighted by atomic mass is 9.80. The number of carbonyl (C=O) groups is 1. The van der Waals surface area contributed by atoms with Crippen molar-refractivity contribution in [2.45, 2.75) is 50.6 Å². The molecule has 0 heterocycles. The Hall–Kier alpha value is -0.940. The Morgan fingerprint density at radius 3 is 2.75 bits per heavy atom. The van der Waals surface area contributed by atoms with Crippen LogP contribution in [-0.2, 0) is 11.3 Å². The standard InChI is InChI=1S/C15H20BrFN2O/c16-12-4-5-13(17)11(8-12)10-19-14(20)9-15(18)6-2-1-3-7-15/h4-5,8H,1-3,6-7,9-10,18H2,(H,19,20). The molecule has 1 aromatic carbocycles. The maximum Gasteiger partial charge on any atom is 0.222 e. The van der Waals surface area contributed by atoms with Gasteiger partial charge in [0.25, 0.3) is 0 Å². The minimum Gasteiger partial charge on any atom is -0.352 e. The molecule has 1 aromatic rings. The molecule has 3 N–H and O–H groups in total. The van der Waals surface area contributed by atoms with E-state index in [4.69, 9.17) is 5.73 Å². The lowest BCUT2D eigenvalue weighted by molar-refractivity contribution is -0.122. The van der Waals surface area contributed by atoms with E-state index < -0.39 is 0 Å². The van der Waals surface area contributed by atoms with Gasteiger partial charge in [-0.15, -0.1) is 0 Å². The van der Waals surface area contributed by atoms with Crippen molar-refractivity contribution in [3.05, 3.63) is 34.1 Å². The van der Waals surface area contributed by atoms with E-state index in [1.165, 1.54) is 12.5 Å². The molecular weight excluding hydrogens is 323 g/mol. The van der Waals surface area contributed by atoms with Crippen LogP contribution in [0.15, 0.2) is 22.7 Å². The Morgan fingerprint density at radius 1 is 1.35 bits per heavy atom.